The Morgan fingerprint density at radius 2 is 0.946 bits per heavy atom. The maximum atomic E-state index is 5.29. The Labute approximate surface area is 323 Å². The third-order valence-corrected chi connectivity index (χ3v) is 10.9. The summed E-state index contributed by atoms with van der Waals surface area (Å²) in [5, 5.41) is 8.63. The van der Waals surface area contributed by atoms with Gasteiger partial charge in [-0.25, -0.2) is 9.97 Å². The fourth-order valence-corrected chi connectivity index (χ4v) is 8.27. The van der Waals surface area contributed by atoms with Gasteiger partial charge in [0.25, 0.3) is 0 Å². The first-order valence-corrected chi connectivity index (χ1v) is 18.9. The lowest BCUT2D eigenvalue weighted by Gasteiger charge is -2.17. The molecule has 56 heavy (non-hydrogen) atoms. The quantitative estimate of drug-likeness (QED) is 0.161. The smallest absolute Gasteiger partial charge is 0.160 e. The van der Waals surface area contributed by atoms with E-state index in [9.17, 15) is 0 Å². The van der Waals surface area contributed by atoms with Crippen LogP contribution in [0.5, 0.6) is 0 Å². The van der Waals surface area contributed by atoms with E-state index < -0.39 is 0 Å². The summed E-state index contributed by atoms with van der Waals surface area (Å²) in [5.41, 5.74) is 12.1. The van der Waals surface area contributed by atoms with Gasteiger partial charge in [0.05, 0.1) is 22.6 Å². The number of hydrogen-bond donors (Lipinski definition) is 0. The van der Waals surface area contributed by atoms with E-state index in [1.54, 1.807) is 0 Å². The number of pyridine rings is 2. The number of aromatic nitrogens is 4. The van der Waals surface area contributed by atoms with Crippen LogP contribution in [0.3, 0.4) is 0 Å². The summed E-state index contributed by atoms with van der Waals surface area (Å²) < 4.78 is 0. The molecule has 0 spiro atoms. The normalized spacial score (nSPS) is 11.6. The second kappa shape index (κ2) is 13.1. The van der Waals surface area contributed by atoms with Gasteiger partial charge in [-0.3, -0.25) is 9.97 Å². The Morgan fingerprint density at radius 1 is 0.321 bits per heavy atom. The molecule has 0 amide bonds. The number of para-hydroxylation sites is 1. The molecule has 4 heteroatoms. The van der Waals surface area contributed by atoms with Crippen molar-refractivity contribution in [3.8, 4) is 67.4 Å². The summed E-state index contributed by atoms with van der Waals surface area (Å²) in [4.78, 5) is 20.0. The molecule has 0 bridgehead atoms. The summed E-state index contributed by atoms with van der Waals surface area (Å²) in [6, 6.07) is 64.2. The number of hydrogen-bond acceptors (Lipinski definition) is 4. The molecule has 3 heterocycles. The van der Waals surface area contributed by atoms with Crippen LogP contribution in [0, 0.1) is 0 Å². The molecule has 260 valence electrons. The first-order chi connectivity index (χ1) is 27.7. The van der Waals surface area contributed by atoms with Crippen LogP contribution in [0.2, 0.25) is 0 Å². The van der Waals surface area contributed by atoms with Crippen molar-refractivity contribution in [1.82, 2.24) is 19.9 Å². The van der Waals surface area contributed by atoms with Gasteiger partial charge in [-0.05, 0) is 91.0 Å². The predicted octanol–water partition coefficient (Wildman–Crippen LogP) is 13.3. The van der Waals surface area contributed by atoms with Crippen LogP contribution >= 0.6 is 0 Å². The van der Waals surface area contributed by atoms with Gasteiger partial charge in [0.2, 0.25) is 0 Å². The van der Waals surface area contributed by atoms with E-state index in [1.807, 2.05) is 54.9 Å². The largest absolute Gasteiger partial charge is 0.256 e. The van der Waals surface area contributed by atoms with Crippen LogP contribution in [0.25, 0.3) is 111 Å². The summed E-state index contributed by atoms with van der Waals surface area (Å²) in [5.74, 6) is 0.647. The molecular formula is C52H32N4. The first-order valence-electron chi connectivity index (χ1n) is 18.9. The minimum Gasteiger partial charge on any atom is -0.256 e. The monoisotopic (exact) mass is 712 g/mol. The maximum Gasteiger partial charge on any atom is 0.160 e. The molecule has 0 atom stereocenters. The van der Waals surface area contributed by atoms with Gasteiger partial charge in [0.15, 0.2) is 5.82 Å². The van der Waals surface area contributed by atoms with Gasteiger partial charge in [0, 0.05) is 40.0 Å². The zero-order chi connectivity index (χ0) is 37.0. The van der Waals surface area contributed by atoms with Crippen molar-refractivity contribution >= 4 is 43.2 Å². The second-order valence-electron chi connectivity index (χ2n) is 14.2. The van der Waals surface area contributed by atoms with E-state index in [1.165, 1.54) is 49.0 Å². The van der Waals surface area contributed by atoms with E-state index in [0.717, 1.165) is 55.8 Å². The lowest BCUT2D eigenvalue weighted by Crippen LogP contribution is -1.98. The van der Waals surface area contributed by atoms with E-state index >= 15 is 0 Å². The number of benzene rings is 8. The van der Waals surface area contributed by atoms with Crippen molar-refractivity contribution in [3.05, 3.63) is 194 Å². The van der Waals surface area contributed by atoms with Gasteiger partial charge in [0.1, 0.15) is 0 Å². The molecule has 3 aromatic heterocycles. The maximum absolute atomic E-state index is 5.29. The molecule has 0 saturated carbocycles. The topological polar surface area (TPSA) is 51.6 Å². The molecule has 0 saturated heterocycles. The highest BCUT2D eigenvalue weighted by Gasteiger charge is 2.18. The minimum absolute atomic E-state index is 0.647. The van der Waals surface area contributed by atoms with Crippen LogP contribution in [-0.4, -0.2) is 19.9 Å². The molecule has 0 fully saturated rings. The zero-order valence-corrected chi connectivity index (χ0v) is 30.3. The molecule has 11 rings (SSSR count). The molecule has 0 aliphatic carbocycles. The Hall–Kier alpha value is -7.56. The Morgan fingerprint density at radius 3 is 1.71 bits per heavy atom. The second-order valence-corrected chi connectivity index (χ2v) is 14.2. The molecule has 0 N–H and O–H groups in total. The fraction of sp³-hybridized carbons (Fsp3) is 0. The highest BCUT2D eigenvalue weighted by Crippen LogP contribution is 2.43. The van der Waals surface area contributed by atoms with Crippen molar-refractivity contribution < 1.29 is 0 Å². The lowest BCUT2D eigenvalue weighted by molar-refractivity contribution is 1.18. The van der Waals surface area contributed by atoms with Crippen molar-refractivity contribution in [2.45, 2.75) is 0 Å². The molecular weight excluding hydrogens is 681 g/mol. The van der Waals surface area contributed by atoms with Gasteiger partial charge in [-0.1, -0.05) is 146 Å². The van der Waals surface area contributed by atoms with Crippen LogP contribution in [0.1, 0.15) is 0 Å². The van der Waals surface area contributed by atoms with Gasteiger partial charge in [-0.2, -0.15) is 0 Å². The first kappa shape index (κ1) is 31.9. The van der Waals surface area contributed by atoms with Gasteiger partial charge in [-0.15, -0.1) is 0 Å². The Bertz CT molecular complexity index is 3250. The van der Waals surface area contributed by atoms with Crippen LogP contribution in [0.15, 0.2) is 194 Å². The van der Waals surface area contributed by atoms with Crippen LogP contribution in [-0.2, 0) is 0 Å². The molecule has 11 aromatic rings. The molecule has 0 aliphatic rings. The van der Waals surface area contributed by atoms with E-state index in [0.29, 0.717) is 5.82 Å². The SMILES string of the molecule is c1ccc(-c2ccc3ccc4c(-c5cccc(-c6nc(-c7cnc8ccccc8c7)cc(-c7ccccc7-c7ccccn7)n6)c5)ccc5ccc2c3c54)cc1. The average molecular weight is 713 g/mol. The standard InChI is InChI=1S/C52H32N4/c1-2-11-33(12-3-1)40-24-20-34-23-27-45-41(25-21-35-22-26-44(40)50(34)51(35)45)36-14-10-15-38(29-36)52-55-48(39-30-37-13-4-7-18-46(37)54-32-39)31-49(56-52)43-17-6-5-16-42(43)47-19-8-9-28-53-47/h1-32H. The third-order valence-electron chi connectivity index (χ3n) is 10.9. The fourth-order valence-electron chi connectivity index (χ4n) is 8.27. The van der Waals surface area contributed by atoms with Gasteiger partial charge < -0.3 is 0 Å². The highest BCUT2D eigenvalue weighted by atomic mass is 14.9. The lowest BCUT2D eigenvalue weighted by atomic mass is 9.87. The number of nitrogens with zero attached hydrogens (tertiary/aromatic N) is 4. The zero-order valence-electron chi connectivity index (χ0n) is 30.3. The average Bonchev–Trinajstić information content (AvgIpc) is 3.28. The highest BCUT2D eigenvalue weighted by molar-refractivity contribution is 6.27. The summed E-state index contributed by atoms with van der Waals surface area (Å²) >= 11 is 0. The van der Waals surface area contributed by atoms with Crippen LogP contribution < -0.4 is 0 Å². The summed E-state index contributed by atoms with van der Waals surface area (Å²) in [6.45, 7) is 0. The number of rotatable bonds is 6. The molecule has 0 aliphatic heterocycles. The molecule has 0 unspecified atom stereocenters. The van der Waals surface area contributed by atoms with E-state index in [-0.39, 0.29) is 0 Å². The third kappa shape index (κ3) is 5.39. The number of fused-ring (bicyclic) bond motifs is 1. The van der Waals surface area contributed by atoms with Gasteiger partial charge >= 0.3 is 0 Å². The molecule has 0 radical (unpaired) electrons. The van der Waals surface area contributed by atoms with Crippen LogP contribution in [0.4, 0.5) is 0 Å². The van der Waals surface area contributed by atoms with Crippen molar-refractivity contribution in [2.75, 3.05) is 0 Å². The predicted molar refractivity (Wildman–Crippen MR) is 231 cm³/mol. The van der Waals surface area contributed by atoms with Crippen molar-refractivity contribution in [1.29, 1.82) is 0 Å². The molecule has 8 aromatic carbocycles. The van der Waals surface area contributed by atoms with Crippen molar-refractivity contribution in [2.24, 2.45) is 0 Å². The molecule has 4 nitrogen and oxygen atoms in total. The van der Waals surface area contributed by atoms with E-state index in [2.05, 4.69) is 140 Å². The minimum atomic E-state index is 0.647. The van der Waals surface area contributed by atoms with Crippen molar-refractivity contribution in [3.63, 3.8) is 0 Å². The Balaban J connectivity index is 1.09. The summed E-state index contributed by atoms with van der Waals surface area (Å²) in [6.07, 6.45) is 3.74. The Kier molecular flexibility index (Phi) is 7.46. The summed E-state index contributed by atoms with van der Waals surface area (Å²) in [7, 11) is 0. The van der Waals surface area contributed by atoms with E-state index in [4.69, 9.17) is 19.9 Å².